The number of allylic oxidation sites excluding steroid dienone is 1. The second-order valence-electron chi connectivity index (χ2n) is 6.26. The van der Waals surface area contributed by atoms with Gasteiger partial charge in [0.1, 0.15) is 5.75 Å². The van der Waals surface area contributed by atoms with Crippen LogP contribution in [0.4, 0.5) is 5.69 Å². The molecule has 1 aliphatic heterocycles. The van der Waals surface area contributed by atoms with Crippen LogP contribution in [0.2, 0.25) is 0 Å². The number of hydrogen-bond acceptors (Lipinski definition) is 6. The second-order valence-corrected chi connectivity index (χ2v) is 6.26. The van der Waals surface area contributed by atoms with Crippen molar-refractivity contribution >= 4 is 29.6 Å². The molecule has 1 heterocycles. The number of hydrogen-bond donors (Lipinski definition) is 0. The summed E-state index contributed by atoms with van der Waals surface area (Å²) < 4.78 is 10.0. The highest BCUT2D eigenvalue weighted by Gasteiger charge is 2.37. The first-order chi connectivity index (χ1) is 13.9. The van der Waals surface area contributed by atoms with E-state index < -0.39 is 17.8 Å². The molecule has 2 aromatic rings. The Labute approximate surface area is 167 Å². The number of amides is 1. The molecule has 29 heavy (non-hydrogen) atoms. The Kier molecular flexibility index (Phi) is 5.50. The number of carboxylic acid groups (broad SMARTS) is 1. The molecule has 7 heteroatoms. The summed E-state index contributed by atoms with van der Waals surface area (Å²) in [6.07, 6.45) is 1.53. The standard InChI is InChI=1S/C22H19NO6/c1-13-19(22(27)29-3)18(12-14-4-6-15(7-5-14)21(25)26)20(24)23(13)16-8-10-17(28-2)11-9-16/h4-12H,1-3H3,(H,25,26)/p-1/b18-12-. The van der Waals surface area contributed by atoms with Gasteiger partial charge in [-0.1, -0.05) is 24.3 Å². The fraction of sp³-hybridized carbons (Fsp3) is 0.136. The smallest absolute Gasteiger partial charge is 0.340 e. The summed E-state index contributed by atoms with van der Waals surface area (Å²) in [5.74, 6) is -1.68. The van der Waals surface area contributed by atoms with E-state index in [9.17, 15) is 19.5 Å². The summed E-state index contributed by atoms with van der Waals surface area (Å²) in [6, 6.07) is 12.7. The average molecular weight is 392 g/mol. The Morgan fingerprint density at radius 3 is 2.14 bits per heavy atom. The van der Waals surface area contributed by atoms with Gasteiger partial charge >= 0.3 is 5.97 Å². The van der Waals surface area contributed by atoms with E-state index in [-0.39, 0.29) is 16.7 Å². The molecule has 3 rings (SSSR count). The Morgan fingerprint density at radius 1 is 1.00 bits per heavy atom. The first kappa shape index (κ1) is 19.9. The largest absolute Gasteiger partial charge is 0.545 e. The molecule has 0 N–H and O–H groups in total. The van der Waals surface area contributed by atoms with Crippen molar-refractivity contribution in [3.05, 3.63) is 76.5 Å². The first-order valence-corrected chi connectivity index (χ1v) is 8.68. The van der Waals surface area contributed by atoms with Crippen molar-refractivity contribution in [3.63, 3.8) is 0 Å². The van der Waals surface area contributed by atoms with E-state index in [2.05, 4.69) is 0 Å². The van der Waals surface area contributed by atoms with Gasteiger partial charge in [-0.25, -0.2) is 4.79 Å². The van der Waals surface area contributed by atoms with Gasteiger partial charge < -0.3 is 19.4 Å². The molecule has 0 bridgehead atoms. The number of anilines is 1. The van der Waals surface area contributed by atoms with Gasteiger partial charge in [-0.3, -0.25) is 9.69 Å². The van der Waals surface area contributed by atoms with Crippen LogP contribution in [0.25, 0.3) is 6.08 Å². The van der Waals surface area contributed by atoms with Crippen molar-refractivity contribution in [3.8, 4) is 5.75 Å². The van der Waals surface area contributed by atoms with Crippen molar-refractivity contribution in [2.45, 2.75) is 6.92 Å². The molecule has 0 saturated carbocycles. The van der Waals surface area contributed by atoms with Crippen LogP contribution in [0, 0.1) is 0 Å². The number of ether oxygens (including phenoxy) is 2. The van der Waals surface area contributed by atoms with Crippen molar-refractivity contribution in [1.82, 2.24) is 0 Å². The zero-order valence-electron chi connectivity index (χ0n) is 16.1. The Bertz CT molecular complexity index is 1030. The zero-order valence-corrected chi connectivity index (χ0v) is 16.1. The van der Waals surface area contributed by atoms with E-state index in [1.165, 1.54) is 42.4 Å². The molecule has 0 unspecified atom stereocenters. The van der Waals surface area contributed by atoms with Crippen molar-refractivity contribution in [1.29, 1.82) is 0 Å². The lowest BCUT2D eigenvalue weighted by Crippen LogP contribution is -2.24. The predicted molar refractivity (Wildman–Crippen MR) is 104 cm³/mol. The minimum Gasteiger partial charge on any atom is -0.545 e. The maximum Gasteiger partial charge on any atom is 0.340 e. The van der Waals surface area contributed by atoms with Crippen LogP contribution in [0.3, 0.4) is 0 Å². The number of esters is 1. The fourth-order valence-electron chi connectivity index (χ4n) is 3.10. The minimum absolute atomic E-state index is 0.0182. The summed E-state index contributed by atoms with van der Waals surface area (Å²) in [4.78, 5) is 37.9. The van der Waals surface area contributed by atoms with Gasteiger partial charge in [-0.15, -0.1) is 0 Å². The average Bonchev–Trinajstić information content (AvgIpc) is 2.97. The van der Waals surface area contributed by atoms with Crippen LogP contribution in [0.5, 0.6) is 5.75 Å². The summed E-state index contributed by atoms with van der Waals surface area (Å²) in [6.45, 7) is 1.66. The number of aromatic carboxylic acids is 1. The Hall–Kier alpha value is -3.87. The van der Waals surface area contributed by atoms with Crippen LogP contribution in [-0.4, -0.2) is 32.1 Å². The van der Waals surface area contributed by atoms with Crippen LogP contribution < -0.4 is 14.7 Å². The lowest BCUT2D eigenvalue weighted by Gasteiger charge is -2.18. The number of carboxylic acids is 1. The molecular formula is C22H18NO6-. The summed E-state index contributed by atoms with van der Waals surface area (Å²) >= 11 is 0. The molecule has 0 atom stereocenters. The van der Waals surface area contributed by atoms with Crippen LogP contribution in [0.1, 0.15) is 22.8 Å². The fourth-order valence-corrected chi connectivity index (χ4v) is 3.10. The van der Waals surface area contributed by atoms with Crippen molar-refractivity contribution in [2.24, 2.45) is 0 Å². The van der Waals surface area contributed by atoms with Crippen LogP contribution in [-0.2, 0) is 14.3 Å². The number of rotatable bonds is 5. The SMILES string of the molecule is COC(=O)C1=C(C)N(c2ccc(OC)cc2)C(=O)/C1=C\c1ccc(C(=O)[O-])cc1. The van der Waals surface area contributed by atoms with E-state index >= 15 is 0 Å². The summed E-state index contributed by atoms with van der Waals surface area (Å²) in [5, 5.41) is 10.9. The van der Waals surface area contributed by atoms with Gasteiger partial charge in [0.25, 0.3) is 5.91 Å². The van der Waals surface area contributed by atoms with E-state index in [4.69, 9.17) is 9.47 Å². The van der Waals surface area contributed by atoms with Gasteiger partial charge in [0, 0.05) is 11.4 Å². The van der Waals surface area contributed by atoms with Crippen LogP contribution in [0.15, 0.2) is 65.4 Å². The normalized spacial score (nSPS) is 15.1. The molecule has 0 aromatic heterocycles. The molecule has 0 saturated heterocycles. The van der Waals surface area contributed by atoms with E-state index in [0.717, 1.165) is 0 Å². The number of nitrogens with zero attached hydrogens (tertiary/aromatic N) is 1. The van der Waals surface area contributed by atoms with Crippen molar-refractivity contribution in [2.75, 3.05) is 19.1 Å². The first-order valence-electron chi connectivity index (χ1n) is 8.68. The Morgan fingerprint density at radius 2 is 1.62 bits per heavy atom. The lowest BCUT2D eigenvalue weighted by molar-refractivity contribution is -0.255. The van der Waals surface area contributed by atoms with E-state index in [1.807, 2.05) is 0 Å². The van der Waals surface area contributed by atoms with Crippen LogP contribution >= 0.6 is 0 Å². The molecule has 0 fully saturated rings. The molecule has 2 aromatic carbocycles. The maximum atomic E-state index is 13.2. The third kappa shape index (κ3) is 3.75. The van der Waals surface area contributed by atoms with Gasteiger partial charge in [-0.2, -0.15) is 0 Å². The highest BCUT2D eigenvalue weighted by Crippen LogP contribution is 2.36. The van der Waals surface area contributed by atoms with E-state index in [1.54, 1.807) is 38.3 Å². The quantitative estimate of drug-likeness (QED) is 0.570. The van der Waals surface area contributed by atoms with Gasteiger partial charge in [0.2, 0.25) is 0 Å². The Balaban J connectivity index is 2.07. The van der Waals surface area contributed by atoms with Gasteiger partial charge in [-0.05, 0) is 48.4 Å². The van der Waals surface area contributed by atoms with Gasteiger partial charge in [0.05, 0.1) is 31.3 Å². The number of carbonyl (C=O) groups is 3. The maximum absolute atomic E-state index is 13.2. The predicted octanol–water partition coefficient (Wildman–Crippen LogP) is 1.94. The number of benzene rings is 2. The highest BCUT2D eigenvalue weighted by molar-refractivity contribution is 6.23. The summed E-state index contributed by atoms with van der Waals surface area (Å²) in [5.41, 5.74) is 1.90. The molecule has 0 spiro atoms. The highest BCUT2D eigenvalue weighted by atomic mass is 16.5. The second kappa shape index (κ2) is 8.02. The molecule has 1 amide bonds. The molecular weight excluding hydrogens is 374 g/mol. The molecule has 148 valence electrons. The topological polar surface area (TPSA) is 96.0 Å². The zero-order chi connectivity index (χ0) is 21.1. The number of carbonyl (C=O) groups excluding carboxylic acids is 3. The van der Waals surface area contributed by atoms with Crippen molar-refractivity contribution < 1.29 is 29.0 Å². The lowest BCUT2D eigenvalue weighted by atomic mass is 10.0. The third-order valence-electron chi connectivity index (χ3n) is 4.58. The molecule has 7 nitrogen and oxygen atoms in total. The third-order valence-corrected chi connectivity index (χ3v) is 4.58. The molecule has 1 aliphatic rings. The monoisotopic (exact) mass is 392 g/mol. The summed E-state index contributed by atoms with van der Waals surface area (Å²) in [7, 11) is 2.79. The molecule has 0 radical (unpaired) electrons. The van der Waals surface area contributed by atoms with Gasteiger partial charge in [0.15, 0.2) is 0 Å². The van der Waals surface area contributed by atoms with E-state index in [0.29, 0.717) is 22.7 Å². The minimum atomic E-state index is -1.29. The molecule has 0 aliphatic carbocycles. The number of methoxy groups -OCH3 is 2.